The van der Waals surface area contributed by atoms with Crippen LogP contribution in [0.25, 0.3) is 5.57 Å². The highest BCUT2D eigenvalue weighted by atomic mass is 14.1. The lowest BCUT2D eigenvalue weighted by molar-refractivity contribution is 0.919. The predicted octanol–water partition coefficient (Wildman–Crippen LogP) is 6.50. The van der Waals surface area contributed by atoms with Gasteiger partial charge in [0, 0.05) is 0 Å². The van der Waals surface area contributed by atoms with Crippen LogP contribution in [0, 0.1) is 0 Å². The van der Waals surface area contributed by atoms with Crippen LogP contribution in [0.3, 0.4) is 0 Å². The van der Waals surface area contributed by atoms with Crippen molar-refractivity contribution in [2.45, 2.75) is 33.6 Å². The number of benzene rings is 1. The number of allylic oxidation sites excluding steroid dienone is 8. The molecule has 0 heteroatoms. The van der Waals surface area contributed by atoms with Crippen molar-refractivity contribution in [2.24, 2.45) is 0 Å². The van der Waals surface area contributed by atoms with Crippen LogP contribution in [-0.2, 0) is 0 Å². The van der Waals surface area contributed by atoms with Gasteiger partial charge in [-0.05, 0) is 48.1 Å². The van der Waals surface area contributed by atoms with Crippen LogP contribution in [0.5, 0.6) is 0 Å². The van der Waals surface area contributed by atoms with Crippen molar-refractivity contribution < 1.29 is 0 Å². The predicted molar refractivity (Wildman–Crippen MR) is 96.2 cm³/mol. The molecule has 0 nitrogen and oxygen atoms in total. The van der Waals surface area contributed by atoms with Crippen molar-refractivity contribution in [3.63, 3.8) is 0 Å². The second-order valence-electron chi connectivity index (χ2n) is 4.90. The lowest BCUT2D eigenvalue weighted by atomic mass is 9.92. The van der Waals surface area contributed by atoms with Crippen LogP contribution in [0.4, 0.5) is 0 Å². The molecule has 0 N–H and O–H groups in total. The molecule has 0 saturated heterocycles. The Bertz CT molecular complexity index is 565. The van der Waals surface area contributed by atoms with E-state index in [2.05, 4.69) is 50.4 Å². The van der Waals surface area contributed by atoms with E-state index in [1.165, 1.54) is 16.7 Å². The van der Waals surface area contributed by atoms with Crippen molar-refractivity contribution in [1.82, 2.24) is 0 Å². The third kappa shape index (κ3) is 5.07. The van der Waals surface area contributed by atoms with Crippen molar-refractivity contribution in [3.05, 3.63) is 90.1 Å². The smallest absolute Gasteiger partial charge is 0.0184 e. The second kappa shape index (κ2) is 8.97. The first-order chi connectivity index (χ1) is 10.2. The summed E-state index contributed by atoms with van der Waals surface area (Å²) in [6, 6.07) is 10.3. The van der Waals surface area contributed by atoms with Gasteiger partial charge in [-0.15, -0.1) is 0 Å². The summed E-state index contributed by atoms with van der Waals surface area (Å²) in [5.74, 6) is 0. The minimum atomic E-state index is 1.08. The summed E-state index contributed by atoms with van der Waals surface area (Å²) < 4.78 is 0. The summed E-state index contributed by atoms with van der Waals surface area (Å²) in [5, 5.41) is 0. The minimum Gasteiger partial charge on any atom is -0.0984 e. The number of rotatable bonds is 4. The zero-order valence-corrected chi connectivity index (χ0v) is 13.5. The molecule has 0 bridgehead atoms. The van der Waals surface area contributed by atoms with E-state index in [1.807, 2.05) is 38.1 Å². The Kier molecular flexibility index (Phi) is 7.25. The molecule has 0 atom stereocenters. The summed E-state index contributed by atoms with van der Waals surface area (Å²) >= 11 is 0. The minimum absolute atomic E-state index is 1.08. The summed E-state index contributed by atoms with van der Waals surface area (Å²) in [6.07, 6.45) is 10.6. The molecule has 1 aliphatic carbocycles. The normalized spacial score (nSPS) is 14.3. The number of hydrogen-bond acceptors (Lipinski definition) is 0. The highest BCUT2D eigenvalue weighted by Crippen LogP contribution is 2.26. The molecule has 1 aromatic carbocycles. The molecule has 0 saturated carbocycles. The largest absolute Gasteiger partial charge is 0.0984 e. The molecule has 0 radical (unpaired) electrons. The summed E-state index contributed by atoms with van der Waals surface area (Å²) in [6.45, 7) is 14.3. The van der Waals surface area contributed by atoms with E-state index < -0.39 is 0 Å². The average Bonchev–Trinajstić information content (AvgIpc) is 2.55. The SMILES string of the molecule is C=C/C(=C\C(=C)C1=CC=C(C)CC1)c1ccccc1.CC. The van der Waals surface area contributed by atoms with Crippen LogP contribution in [0.15, 0.2) is 84.5 Å². The summed E-state index contributed by atoms with van der Waals surface area (Å²) in [5.41, 5.74) is 6.15. The molecule has 1 aromatic rings. The molecule has 110 valence electrons. The van der Waals surface area contributed by atoms with E-state index in [0.717, 1.165) is 24.0 Å². The fourth-order valence-corrected chi connectivity index (χ4v) is 2.18. The summed E-state index contributed by atoms with van der Waals surface area (Å²) in [4.78, 5) is 0. The molecule has 21 heavy (non-hydrogen) atoms. The zero-order valence-electron chi connectivity index (χ0n) is 13.5. The van der Waals surface area contributed by atoms with Crippen LogP contribution in [0.1, 0.15) is 39.2 Å². The first kappa shape index (κ1) is 17.0. The monoisotopic (exact) mass is 278 g/mol. The van der Waals surface area contributed by atoms with Gasteiger partial charge in [0.05, 0.1) is 0 Å². The molecule has 1 aliphatic rings. The maximum Gasteiger partial charge on any atom is -0.0184 e. The van der Waals surface area contributed by atoms with Gasteiger partial charge in [-0.2, -0.15) is 0 Å². The van der Waals surface area contributed by atoms with Gasteiger partial charge in [0.1, 0.15) is 0 Å². The van der Waals surface area contributed by atoms with Gasteiger partial charge in [-0.25, -0.2) is 0 Å². The standard InChI is InChI=1S/C19H20.C2H6/c1-4-17(19-8-6-5-7-9-19)14-16(3)18-12-10-15(2)11-13-18;1-2/h4-10,12,14H,1,3,11,13H2,2H3;1-2H3/b17-14+;. The van der Waals surface area contributed by atoms with Crippen molar-refractivity contribution in [3.8, 4) is 0 Å². The Hall–Kier alpha value is -2.08. The van der Waals surface area contributed by atoms with Crippen molar-refractivity contribution >= 4 is 5.57 Å². The van der Waals surface area contributed by atoms with Crippen molar-refractivity contribution in [1.29, 1.82) is 0 Å². The van der Waals surface area contributed by atoms with Crippen LogP contribution in [0.2, 0.25) is 0 Å². The van der Waals surface area contributed by atoms with Gasteiger partial charge < -0.3 is 0 Å². The third-order valence-corrected chi connectivity index (χ3v) is 3.43. The van der Waals surface area contributed by atoms with Crippen LogP contribution in [-0.4, -0.2) is 0 Å². The molecule has 2 rings (SSSR count). The van der Waals surface area contributed by atoms with Gasteiger partial charge in [0.15, 0.2) is 0 Å². The van der Waals surface area contributed by atoms with Crippen molar-refractivity contribution in [2.75, 3.05) is 0 Å². The Morgan fingerprint density at radius 2 is 1.71 bits per heavy atom. The topological polar surface area (TPSA) is 0 Å². The first-order valence-electron chi connectivity index (χ1n) is 7.66. The van der Waals surface area contributed by atoms with E-state index >= 15 is 0 Å². The van der Waals surface area contributed by atoms with E-state index in [0.29, 0.717) is 0 Å². The number of hydrogen-bond donors (Lipinski definition) is 0. The summed E-state index contributed by atoms with van der Waals surface area (Å²) in [7, 11) is 0. The fraction of sp³-hybridized carbons (Fsp3) is 0.238. The van der Waals surface area contributed by atoms with Crippen LogP contribution >= 0.6 is 0 Å². The Morgan fingerprint density at radius 1 is 1.05 bits per heavy atom. The van der Waals surface area contributed by atoms with E-state index in [1.54, 1.807) is 0 Å². The molecule has 0 aliphatic heterocycles. The molecule has 0 fully saturated rings. The average molecular weight is 278 g/mol. The lowest BCUT2D eigenvalue weighted by Gasteiger charge is -2.13. The third-order valence-electron chi connectivity index (χ3n) is 3.43. The van der Waals surface area contributed by atoms with Gasteiger partial charge >= 0.3 is 0 Å². The highest BCUT2D eigenvalue weighted by molar-refractivity contribution is 5.76. The van der Waals surface area contributed by atoms with E-state index in [9.17, 15) is 0 Å². The molecule has 0 amide bonds. The molecule has 0 heterocycles. The quantitative estimate of drug-likeness (QED) is 0.551. The maximum atomic E-state index is 4.19. The maximum absolute atomic E-state index is 4.19. The second-order valence-corrected chi connectivity index (χ2v) is 4.90. The Labute approximate surface area is 129 Å². The fourth-order valence-electron chi connectivity index (χ4n) is 2.18. The molecular weight excluding hydrogens is 252 g/mol. The molecule has 0 unspecified atom stereocenters. The van der Waals surface area contributed by atoms with E-state index in [4.69, 9.17) is 0 Å². The van der Waals surface area contributed by atoms with Gasteiger partial charge in [0.25, 0.3) is 0 Å². The zero-order chi connectivity index (χ0) is 15.7. The van der Waals surface area contributed by atoms with Gasteiger partial charge in [-0.1, -0.05) is 81.1 Å². The van der Waals surface area contributed by atoms with E-state index in [-0.39, 0.29) is 0 Å². The van der Waals surface area contributed by atoms with Crippen LogP contribution < -0.4 is 0 Å². The van der Waals surface area contributed by atoms with Gasteiger partial charge in [0.2, 0.25) is 0 Å². The highest BCUT2D eigenvalue weighted by Gasteiger charge is 2.06. The molecule has 0 spiro atoms. The van der Waals surface area contributed by atoms with Gasteiger partial charge in [-0.3, -0.25) is 0 Å². The lowest BCUT2D eigenvalue weighted by Crippen LogP contribution is -1.93. The Morgan fingerprint density at radius 3 is 2.24 bits per heavy atom. The molecular formula is C21H26. The molecule has 0 aromatic heterocycles. The first-order valence-corrected chi connectivity index (χ1v) is 7.66. The Balaban J connectivity index is 0.00000106.